The van der Waals surface area contributed by atoms with Crippen LogP contribution >= 0.6 is 11.3 Å². The predicted molar refractivity (Wildman–Crippen MR) is 233 cm³/mol. The lowest BCUT2D eigenvalue weighted by atomic mass is 9.85. The lowest BCUT2D eigenvalue weighted by molar-refractivity contribution is 0.225. The van der Waals surface area contributed by atoms with Crippen molar-refractivity contribution in [2.45, 2.75) is 12.0 Å². The summed E-state index contributed by atoms with van der Waals surface area (Å²) in [5.41, 5.74) is 10.8. The van der Waals surface area contributed by atoms with Crippen LogP contribution in [0.2, 0.25) is 0 Å². The van der Waals surface area contributed by atoms with Crippen LogP contribution in [0.3, 0.4) is 0 Å². The topological polar surface area (TPSA) is 52.8 Å². The molecule has 57 heavy (non-hydrogen) atoms. The Morgan fingerprint density at radius 1 is 0.509 bits per heavy atom. The van der Waals surface area contributed by atoms with Gasteiger partial charge in [0.25, 0.3) is 0 Å². The van der Waals surface area contributed by atoms with Gasteiger partial charge in [-0.15, -0.1) is 11.3 Å². The molecular weight excluding hydrogens is 717 g/mol. The summed E-state index contributed by atoms with van der Waals surface area (Å²) in [7, 11) is 0. The number of ether oxygens (including phenoxy) is 1. The van der Waals surface area contributed by atoms with Gasteiger partial charge in [-0.1, -0.05) is 121 Å². The highest BCUT2D eigenvalue weighted by Gasteiger charge is 2.41. The minimum atomic E-state index is -0.200. The first-order chi connectivity index (χ1) is 28.2. The number of thiophene rings is 1. The molecule has 5 nitrogen and oxygen atoms in total. The van der Waals surface area contributed by atoms with Gasteiger partial charge in [-0.05, 0) is 71.8 Å². The quantitative estimate of drug-likeness (QED) is 0.176. The fourth-order valence-electron chi connectivity index (χ4n) is 8.82. The Morgan fingerprint density at radius 2 is 1.18 bits per heavy atom. The summed E-state index contributed by atoms with van der Waals surface area (Å²) in [6.07, 6.45) is 4.38. The summed E-state index contributed by atoms with van der Waals surface area (Å²) >= 11 is 1.81. The smallest absolute Gasteiger partial charge is 0.167 e. The number of rotatable bonds is 5. The summed E-state index contributed by atoms with van der Waals surface area (Å²) in [6, 6.07) is 59.7. The van der Waals surface area contributed by atoms with Gasteiger partial charge < -0.3 is 9.30 Å². The Balaban J connectivity index is 1.03. The third-order valence-electron chi connectivity index (χ3n) is 11.4. The normalized spacial score (nSPS) is 15.4. The van der Waals surface area contributed by atoms with Crippen molar-refractivity contribution in [1.82, 2.24) is 19.5 Å². The van der Waals surface area contributed by atoms with Crippen LogP contribution in [0.1, 0.15) is 28.8 Å². The zero-order chi connectivity index (χ0) is 37.5. The zero-order valence-corrected chi connectivity index (χ0v) is 31.4. The summed E-state index contributed by atoms with van der Waals surface area (Å²) in [5.74, 6) is 2.69. The standard InChI is InChI=1S/C51H32N4OS/c1-3-13-31(14-4-1)32-15-11-16-33(29-32)49-52-50(34-25-28-45-41(30-34)36-19-8-10-24-44(36)57-45)54-51(53-49)40-22-12-21-37-38-26-27-43-46(48(38)56-47(37)40)39-20-7-9-23-42(39)55(43)35-17-5-2-6-18-35/h1-30,38,48H. The van der Waals surface area contributed by atoms with Crippen LogP contribution < -0.4 is 4.74 Å². The predicted octanol–water partition coefficient (Wildman–Crippen LogP) is 13.1. The van der Waals surface area contributed by atoms with Crippen molar-refractivity contribution in [2.24, 2.45) is 0 Å². The molecule has 1 aliphatic heterocycles. The van der Waals surface area contributed by atoms with Crippen molar-refractivity contribution in [3.63, 3.8) is 0 Å². The molecule has 7 aromatic carbocycles. The fraction of sp³-hybridized carbons (Fsp3) is 0.0392. The van der Waals surface area contributed by atoms with Crippen LogP contribution in [0.4, 0.5) is 0 Å². The molecule has 12 rings (SSSR count). The molecule has 0 saturated carbocycles. The van der Waals surface area contributed by atoms with Crippen LogP contribution in [0, 0.1) is 0 Å². The van der Waals surface area contributed by atoms with Crippen molar-refractivity contribution < 1.29 is 4.74 Å². The van der Waals surface area contributed by atoms with Gasteiger partial charge in [-0.3, -0.25) is 0 Å². The average molecular weight is 749 g/mol. The minimum Gasteiger partial charge on any atom is -0.484 e. The van der Waals surface area contributed by atoms with Crippen LogP contribution in [0.15, 0.2) is 176 Å². The molecule has 0 saturated heterocycles. The minimum absolute atomic E-state index is 0.0418. The molecule has 3 aromatic heterocycles. The fourth-order valence-corrected chi connectivity index (χ4v) is 9.90. The summed E-state index contributed by atoms with van der Waals surface area (Å²) in [6.45, 7) is 0. The van der Waals surface area contributed by atoms with E-state index < -0.39 is 0 Å². The second-order valence-electron chi connectivity index (χ2n) is 14.7. The van der Waals surface area contributed by atoms with Crippen LogP contribution in [-0.4, -0.2) is 19.5 Å². The van der Waals surface area contributed by atoms with E-state index in [2.05, 4.69) is 181 Å². The highest BCUT2D eigenvalue weighted by atomic mass is 32.1. The molecule has 2 aliphatic rings. The largest absolute Gasteiger partial charge is 0.484 e. The van der Waals surface area contributed by atoms with Gasteiger partial charge in [0.15, 0.2) is 17.5 Å². The lowest BCUT2D eigenvalue weighted by Gasteiger charge is -2.22. The molecule has 10 aromatic rings. The van der Waals surface area contributed by atoms with Crippen molar-refractivity contribution in [2.75, 3.05) is 0 Å². The van der Waals surface area contributed by atoms with Gasteiger partial charge >= 0.3 is 0 Å². The molecule has 1 aliphatic carbocycles. The van der Waals surface area contributed by atoms with Gasteiger partial charge in [-0.25, -0.2) is 15.0 Å². The number of fused-ring (bicyclic) bond motifs is 10. The highest BCUT2D eigenvalue weighted by Crippen LogP contribution is 2.55. The maximum Gasteiger partial charge on any atom is 0.167 e. The van der Waals surface area contributed by atoms with E-state index in [0.717, 1.165) is 50.5 Å². The Labute approximate surface area is 332 Å². The molecule has 0 spiro atoms. The Bertz CT molecular complexity index is 3240. The Hall–Kier alpha value is -7.15. The van der Waals surface area contributed by atoms with Crippen LogP contribution in [0.5, 0.6) is 5.75 Å². The second kappa shape index (κ2) is 12.7. The van der Waals surface area contributed by atoms with Crippen molar-refractivity contribution in [3.8, 4) is 56.7 Å². The number of hydrogen-bond acceptors (Lipinski definition) is 5. The van der Waals surface area contributed by atoms with E-state index in [1.807, 2.05) is 17.4 Å². The Kier molecular flexibility index (Phi) is 7.16. The van der Waals surface area contributed by atoms with Crippen molar-refractivity contribution >= 4 is 48.5 Å². The summed E-state index contributed by atoms with van der Waals surface area (Å²) < 4.78 is 12.0. The van der Waals surface area contributed by atoms with E-state index in [1.165, 1.54) is 36.6 Å². The first-order valence-electron chi connectivity index (χ1n) is 19.3. The third-order valence-corrected chi connectivity index (χ3v) is 12.6. The molecule has 2 atom stereocenters. The average Bonchev–Trinajstić information content (AvgIpc) is 3.96. The van der Waals surface area contributed by atoms with E-state index in [0.29, 0.717) is 17.5 Å². The highest BCUT2D eigenvalue weighted by molar-refractivity contribution is 7.25. The van der Waals surface area contributed by atoms with Crippen molar-refractivity contribution in [1.29, 1.82) is 0 Å². The van der Waals surface area contributed by atoms with Crippen LogP contribution in [0.25, 0.3) is 88.1 Å². The molecule has 0 fully saturated rings. The molecule has 0 bridgehead atoms. The first kappa shape index (κ1) is 32.1. The molecule has 0 radical (unpaired) electrons. The third kappa shape index (κ3) is 5.11. The van der Waals surface area contributed by atoms with E-state index in [4.69, 9.17) is 19.7 Å². The molecule has 6 heteroatoms. The van der Waals surface area contributed by atoms with Gasteiger partial charge in [-0.2, -0.15) is 0 Å². The summed E-state index contributed by atoms with van der Waals surface area (Å²) in [5, 5.41) is 3.64. The number of aromatic nitrogens is 4. The lowest BCUT2D eigenvalue weighted by Crippen LogP contribution is -2.13. The van der Waals surface area contributed by atoms with Gasteiger partial charge in [0, 0.05) is 59.4 Å². The maximum absolute atomic E-state index is 7.18. The van der Waals surface area contributed by atoms with Gasteiger partial charge in [0.05, 0.1) is 16.8 Å². The molecule has 0 amide bonds. The van der Waals surface area contributed by atoms with E-state index >= 15 is 0 Å². The zero-order valence-electron chi connectivity index (χ0n) is 30.6. The van der Waals surface area contributed by atoms with E-state index in [1.54, 1.807) is 0 Å². The van der Waals surface area contributed by atoms with Gasteiger partial charge in [0.1, 0.15) is 11.9 Å². The number of benzene rings is 7. The molecular formula is C51H32N4OS. The number of nitrogens with zero attached hydrogens (tertiary/aromatic N) is 4. The first-order valence-corrected chi connectivity index (χ1v) is 20.1. The monoisotopic (exact) mass is 748 g/mol. The summed E-state index contributed by atoms with van der Waals surface area (Å²) in [4.78, 5) is 15.7. The second-order valence-corrected chi connectivity index (χ2v) is 15.8. The Morgan fingerprint density at radius 3 is 2.04 bits per heavy atom. The van der Waals surface area contributed by atoms with E-state index in [9.17, 15) is 0 Å². The maximum atomic E-state index is 7.18. The molecule has 0 N–H and O–H groups in total. The number of para-hydroxylation sites is 3. The van der Waals surface area contributed by atoms with Crippen molar-refractivity contribution in [3.05, 3.63) is 193 Å². The molecule has 268 valence electrons. The van der Waals surface area contributed by atoms with Gasteiger partial charge in [0.2, 0.25) is 0 Å². The van der Waals surface area contributed by atoms with Crippen LogP contribution in [-0.2, 0) is 0 Å². The molecule has 4 heterocycles. The number of hydrogen-bond donors (Lipinski definition) is 0. The molecule has 2 unspecified atom stereocenters. The SMILES string of the molecule is C1=CC2c3cccc(-c4nc(-c5cccc(-c6ccccc6)c5)nc(-c5ccc6sc7ccccc7c6c5)n4)c3OC2c2c1n(-c1ccccc1)c1ccccc21. The van der Waals surface area contributed by atoms with E-state index in [-0.39, 0.29) is 12.0 Å².